The Labute approximate surface area is 58.6 Å². The Morgan fingerprint density at radius 1 is 1.89 bits per heavy atom. The Morgan fingerprint density at radius 2 is 2.44 bits per heavy atom. The lowest BCUT2D eigenvalue weighted by atomic mass is 10.3. The van der Waals surface area contributed by atoms with Gasteiger partial charge in [-0.1, -0.05) is 0 Å². The van der Waals surface area contributed by atoms with E-state index in [0.717, 1.165) is 5.75 Å². The number of carboxylic acids is 1. The molecule has 0 aromatic heterocycles. The SMILES string of the molecule is [13CH3]SCC[C@H]([15NH2])C(=O)O. The van der Waals surface area contributed by atoms with Gasteiger partial charge in [-0.05, 0) is 18.4 Å². The highest BCUT2D eigenvalue weighted by Gasteiger charge is 2.08. The van der Waals surface area contributed by atoms with E-state index in [1.54, 1.807) is 11.8 Å². The van der Waals surface area contributed by atoms with E-state index in [2.05, 4.69) is 0 Å². The molecule has 0 rings (SSSR count). The highest BCUT2D eigenvalue weighted by Crippen LogP contribution is 1.97. The first kappa shape index (κ1) is 8.78. The smallest absolute Gasteiger partial charge is 0.320 e. The molecule has 0 aromatic rings. The lowest BCUT2D eigenvalue weighted by molar-refractivity contribution is -0.138. The van der Waals surface area contributed by atoms with Gasteiger partial charge in [-0.2, -0.15) is 11.8 Å². The van der Waals surface area contributed by atoms with Gasteiger partial charge in [0, 0.05) is 0 Å². The van der Waals surface area contributed by atoms with Crippen molar-refractivity contribution in [2.24, 2.45) is 5.73 Å². The van der Waals surface area contributed by atoms with Gasteiger partial charge in [-0.25, -0.2) is 0 Å². The summed E-state index contributed by atoms with van der Waals surface area (Å²) in [6, 6.07) is -0.683. The van der Waals surface area contributed by atoms with Crippen molar-refractivity contribution in [3.8, 4) is 0 Å². The predicted octanol–water partition coefficient (Wildman–Crippen LogP) is 0.151. The third-order valence-corrected chi connectivity index (χ3v) is 1.59. The molecule has 9 heavy (non-hydrogen) atoms. The minimum Gasteiger partial charge on any atom is -0.480 e. The van der Waals surface area contributed by atoms with Crippen LogP contribution in [-0.2, 0) is 4.79 Å². The van der Waals surface area contributed by atoms with Crippen LogP contribution in [0, 0.1) is 0 Å². The Morgan fingerprint density at radius 3 is 2.78 bits per heavy atom. The van der Waals surface area contributed by atoms with Crippen molar-refractivity contribution >= 4 is 17.7 Å². The number of carbonyl (C=O) groups is 1. The van der Waals surface area contributed by atoms with Crippen molar-refractivity contribution in [2.75, 3.05) is 12.0 Å². The van der Waals surface area contributed by atoms with Crippen LogP contribution in [0.1, 0.15) is 6.42 Å². The molecule has 0 radical (unpaired) electrons. The molecule has 3 N–H and O–H groups in total. The molecule has 1 atom stereocenters. The molecule has 0 aliphatic carbocycles. The molecule has 0 amide bonds. The third kappa shape index (κ3) is 4.29. The largest absolute Gasteiger partial charge is 0.480 e. The first-order valence-electron chi connectivity index (χ1n) is 2.65. The standard InChI is InChI=1S/C5H11NO2S/c1-9-3-2-4(6)5(7)8/h4H,2-3,6H2,1H3,(H,7,8)/t4-/m0/s1/i1+1,6+1. The van der Waals surface area contributed by atoms with Crippen molar-refractivity contribution in [3.63, 3.8) is 0 Å². The minimum atomic E-state index is -0.913. The predicted molar refractivity (Wildman–Crippen MR) is 38.6 cm³/mol. The molecule has 0 saturated carbocycles. The lowest BCUT2D eigenvalue weighted by Crippen LogP contribution is -2.30. The Kier molecular flexibility index (Phi) is 4.53. The van der Waals surface area contributed by atoms with Gasteiger partial charge in [0.2, 0.25) is 0 Å². The zero-order valence-corrected chi connectivity index (χ0v) is 6.15. The molecule has 4 heteroatoms. The molecule has 0 bridgehead atoms. The van der Waals surface area contributed by atoms with E-state index >= 15 is 0 Å². The molecule has 54 valence electrons. The van der Waals surface area contributed by atoms with Crippen LogP contribution < -0.4 is 5.73 Å². The number of nitrogens with two attached hydrogens (primary N) is 1. The van der Waals surface area contributed by atoms with E-state index in [-0.39, 0.29) is 0 Å². The summed E-state index contributed by atoms with van der Waals surface area (Å²) in [7, 11) is 0. The van der Waals surface area contributed by atoms with Crippen molar-refractivity contribution in [3.05, 3.63) is 0 Å². The Hall–Kier alpha value is -0.220. The zero-order valence-electron chi connectivity index (χ0n) is 5.33. The molecule has 0 spiro atoms. The number of hydrogen-bond donors (Lipinski definition) is 2. The number of rotatable bonds is 4. The van der Waals surface area contributed by atoms with Crippen molar-refractivity contribution in [1.82, 2.24) is 0 Å². The second-order valence-electron chi connectivity index (χ2n) is 1.73. The van der Waals surface area contributed by atoms with E-state index in [9.17, 15) is 4.79 Å². The van der Waals surface area contributed by atoms with Gasteiger partial charge in [0.05, 0.1) is 0 Å². The van der Waals surface area contributed by atoms with E-state index in [0.29, 0.717) is 6.42 Å². The summed E-state index contributed by atoms with van der Waals surface area (Å²) < 4.78 is 0. The topological polar surface area (TPSA) is 63.3 Å². The third-order valence-electron chi connectivity index (χ3n) is 0.950. The normalized spacial score (nSPS) is 13.1. The summed E-state index contributed by atoms with van der Waals surface area (Å²) >= 11 is 1.60. The molecule has 0 fully saturated rings. The number of hydrogen-bond acceptors (Lipinski definition) is 3. The van der Waals surface area contributed by atoms with Crippen molar-refractivity contribution < 1.29 is 9.90 Å². The second kappa shape index (κ2) is 4.64. The average molecular weight is 151 g/mol. The second-order valence-corrected chi connectivity index (χ2v) is 2.71. The van der Waals surface area contributed by atoms with Gasteiger partial charge in [0.25, 0.3) is 0 Å². The quantitative estimate of drug-likeness (QED) is 0.443. The van der Waals surface area contributed by atoms with Crippen LogP contribution in [0.3, 0.4) is 0 Å². The molecule has 3 nitrogen and oxygen atoms in total. The highest BCUT2D eigenvalue weighted by atomic mass is 32.2. The Bertz CT molecular complexity index is 97.0. The Balaban J connectivity index is 3.27. The average Bonchev–Trinajstić information content (AvgIpc) is 1.82. The van der Waals surface area contributed by atoms with Gasteiger partial charge in [-0.15, -0.1) is 0 Å². The zero-order chi connectivity index (χ0) is 7.28. The van der Waals surface area contributed by atoms with E-state index in [4.69, 9.17) is 10.8 Å². The summed E-state index contributed by atoms with van der Waals surface area (Å²) in [6.07, 6.45) is 2.48. The van der Waals surface area contributed by atoms with Gasteiger partial charge < -0.3 is 10.8 Å². The highest BCUT2D eigenvalue weighted by molar-refractivity contribution is 7.98. The first-order valence-corrected chi connectivity index (χ1v) is 4.05. The first-order chi connectivity index (χ1) is 4.18. The van der Waals surface area contributed by atoms with Gasteiger partial charge >= 0.3 is 5.97 Å². The van der Waals surface area contributed by atoms with Crippen LogP contribution >= 0.6 is 11.8 Å². The van der Waals surface area contributed by atoms with E-state index < -0.39 is 12.0 Å². The molecule has 0 aliphatic rings. The summed E-state index contributed by atoms with van der Waals surface area (Å²) in [4.78, 5) is 10.1. The molecule has 0 saturated heterocycles. The minimum absolute atomic E-state index is 0.552. The summed E-state index contributed by atoms with van der Waals surface area (Å²) in [5.41, 5.74) is 5.19. The fourth-order valence-corrected chi connectivity index (χ4v) is 0.858. The number of thioether (sulfide) groups is 1. The van der Waals surface area contributed by atoms with Crippen LogP contribution in [0.2, 0.25) is 0 Å². The van der Waals surface area contributed by atoms with Crippen LogP contribution in [-0.4, -0.2) is 29.1 Å². The molecule has 0 aliphatic heterocycles. The maximum Gasteiger partial charge on any atom is 0.320 e. The summed E-state index contributed by atoms with van der Waals surface area (Å²) in [5, 5.41) is 8.27. The summed E-state index contributed by atoms with van der Waals surface area (Å²) in [5.74, 6) is -0.1000. The maximum absolute atomic E-state index is 10.1. The maximum atomic E-state index is 10.1. The number of aliphatic carboxylic acids is 1. The van der Waals surface area contributed by atoms with Crippen LogP contribution in [0.25, 0.3) is 0 Å². The van der Waals surface area contributed by atoms with Crippen molar-refractivity contribution in [2.45, 2.75) is 12.5 Å². The van der Waals surface area contributed by atoms with Gasteiger partial charge in [0.1, 0.15) is 6.04 Å². The van der Waals surface area contributed by atoms with Crippen LogP contribution in [0.4, 0.5) is 0 Å². The van der Waals surface area contributed by atoms with E-state index in [1.165, 1.54) is 0 Å². The monoisotopic (exact) mass is 151 g/mol. The fraction of sp³-hybridized carbons (Fsp3) is 0.800. The van der Waals surface area contributed by atoms with Gasteiger partial charge in [-0.3, -0.25) is 4.79 Å². The van der Waals surface area contributed by atoms with Gasteiger partial charge in [0.15, 0.2) is 0 Å². The molecular formula is C5H11NO2S. The van der Waals surface area contributed by atoms with Crippen LogP contribution in [0.5, 0.6) is 0 Å². The van der Waals surface area contributed by atoms with Crippen LogP contribution in [0.15, 0.2) is 0 Å². The summed E-state index contributed by atoms with van der Waals surface area (Å²) in [6.45, 7) is 0. The fourth-order valence-electron chi connectivity index (χ4n) is 0.368. The molecular weight excluding hydrogens is 140 g/mol. The molecule has 0 heterocycles. The van der Waals surface area contributed by atoms with E-state index in [1.807, 2.05) is 6.26 Å². The molecule has 0 aromatic carbocycles. The molecule has 0 unspecified atom stereocenters. The number of carboxylic acid groups (broad SMARTS) is 1. The lowest BCUT2D eigenvalue weighted by Gasteiger charge is -2.02. The van der Waals surface area contributed by atoms with Crippen molar-refractivity contribution in [1.29, 1.82) is 0 Å².